The molecule has 1 aromatic carbocycles. The number of nitrogens with zero attached hydrogens (tertiary/aromatic N) is 1. The van der Waals surface area contributed by atoms with Crippen LogP contribution in [0.25, 0.3) is 0 Å². The molecule has 0 aromatic heterocycles. The van der Waals surface area contributed by atoms with Crippen LogP contribution in [0.5, 0.6) is 0 Å². The second kappa shape index (κ2) is 9.81. The first-order chi connectivity index (χ1) is 13.3. The smallest absolute Gasteiger partial charge is 0.331 e. The quantitative estimate of drug-likeness (QED) is 0.544. The van der Waals surface area contributed by atoms with Crippen molar-refractivity contribution in [1.29, 1.82) is 0 Å². The molecule has 0 saturated carbocycles. The number of nitrogens with one attached hydrogen (secondary N) is 1. The Kier molecular flexibility index (Phi) is 7.73. The number of hydrogen-bond donors (Lipinski definition) is 1. The Morgan fingerprint density at radius 1 is 1.32 bits per heavy atom. The molecule has 1 aromatic rings. The number of benzene rings is 1. The van der Waals surface area contributed by atoms with Crippen molar-refractivity contribution >= 4 is 27.6 Å². The van der Waals surface area contributed by atoms with Crippen molar-refractivity contribution in [3.63, 3.8) is 0 Å². The summed E-state index contributed by atoms with van der Waals surface area (Å²) in [6, 6.07) is 4.66. The van der Waals surface area contributed by atoms with Gasteiger partial charge < -0.3 is 14.8 Å². The number of sulfonamides is 1. The van der Waals surface area contributed by atoms with Gasteiger partial charge in [0.2, 0.25) is 10.0 Å². The van der Waals surface area contributed by atoms with E-state index in [1.54, 1.807) is 25.1 Å². The van der Waals surface area contributed by atoms with E-state index in [1.165, 1.54) is 23.4 Å². The fourth-order valence-electron chi connectivity index (χ4n) is 2.61. The van der Waals surface area contributed by atoms with Gasteiger partial charge in [-0.2, -0.15) is 4.31 Å². The highest BCUT2D eigenvalue weighted by atomic mass is 32.2. The molecule has 1 fully saturated rings. The molecule has 28 heavy (non-hydrogen) atoms. The number of ether oxygens (including phenoxy) is 2. The molecule has 8 nitrogen and oxygen atoms in total. The number of esters is 1. The maximum absolute atomic E-state index is 12.9. The largest absolute Gasteiger partial charge is 0.449 e. The van der Waals surface area contributed by atoms with E-state index in [2.05, 4.69) is 5.32 Å². The number of amides is 1. The number of anilines is 1. The van der Waals surface area contributed by atoms with Crippen LogP contribution in [-0.2, 0) is 29.1 Å². The number of aryl methyl sites for hydroxylation is 1. The maximum Gasteiger partial charge on any atom is 0.331 e. The highest BCUT2D eigenvalue weighted by molar-refractivity contribution is 7.89. The molecular weight excluding hydrogens is 384 g/mol. The molecule has 0 aliphatic carbocycles. The van der Waals surface area contributed by atoms with Gasteiger partial charge in [0.25, 0.3) is 5.91 Å². The molecule has 1 aliphatic heterocycles. The number of rotatable bonds is 7. The Labute approximate surface area is 165 Å². The topological polar surface area (TPSA) is 102 Å². The fraction of sp³-hybridized carbons (Fsp3) is 0.474. The minimum atomic E-state index is -3.69. The van der Waals surface area contributed by atoms with Crippen molar-refractivity contribution in [2.24, 2.45) is 0 Å². The highest BCUT2D eigenvalue weighted by Crippen LogP contribution is 2.24. The zero-order valence-electron chi connectivity index (χ0n) is 16.3. The lowest BCUT2D eigenvalue weighted by molar-refractivity contribution is -0.148. The van der Waals surface area contributed by atoms with Crippen LogP contribution in [0.3, 0.4) is 0 Å². The number of morpholine rings is 1. The summed E-state index contributed by atoms with van der Waals surface area (Å²) in [5, 5.41) is 2.60. The van der Waals surface area contributed by atoms with Crippen LogP contribution in [0, 0.1) is 6.92 Å². The summed E-state index contributed by atoms with van der Waals surface area (Å²) in [5.74, 6) is -1.15. The normalized spacial score (nSPS) is 16.7. The van der Waals surface area contributed by atoms with Crippen molar-refractivity contribution in [2.75, 3.05) is 31.6 Å². The van der Waals surface area contributed by atoms with Crippen LogP contribution in [0.1, 0.15) is 25.8 Å². The zero-order chi connectivity index (χ0) is 20.7. The molecule has 1 heterocycles. The Balaban J connectivity index is 2.13. The van der Waals surface area contributed by atoms with Crippen molar-refractivity contribution in [3.8, 4) is 0 Å². The van der Waals surface area contributed by atoms with E-state index in [0.29, 0.717) is 30.9 Å². The highest BCUT2D eigenvalue weighted by Gasteiger charge is 2.28. The average Bonchev–Trinajstić information content (AvgIpc) is 2.68. The van der Waals surface area contributed by atoms with Crippen LogP contribution >= 0.6 is 0 Å². The summed E-state index contributed by atoms with van der Waals surface area (Å²) in [6.45, 7) is 6.30. The SMILES string of the molecule is CC/C=C/C(=O)O[C@@H](C)C(=O)Nc1ccc(C)c(S(=O)(=O)N2CCOCC2)c1. The van der Waals surface area contributed by atoms with E-state index in [-0.39, 0.29) is 18.0 Å². The summed E-state index contributed by atoms with van der Waals surface area (Å²) in [6.07, 6.45) is 2.56. The lowest BCUT2D eigenvalue weighted by Gasteiger charge is -2.27. The first kappa shape index (κ1) is 22.1. The van der Waals surface area contributed by atoms with Gasteiger partial charge in [0.1, 0.15) is 0 Å². The monoisotopic (exact) mass is 410 g/mol. The molecule has 0 spiro atoms. The first-order valence-electron chi connectivity index (χ1n) is 9.12. The summed E-state index contributed by atoms with van der Waals surface area (Å²) >= 11 is 0. The summed E-state index contributed by atoms with van der Waals surface area (Å²) in [4.78, 5) is 24.0. The van der Waals surface area contributed by atoms with Crippen molar-refractivity contribution in [2.45, 2.75) is 38.2 Å². The molecule has 154 valence electrons. The van der Waals surface area contributed by atoms with E-state index < -0.39 is 28.0 Å². The van der Waals surface area contributed by atoms with E-state index in [1.807, 2.05) is 6.92 Å². The van der Waals surface area contributed by atoms with E-state index in [9.17, 15) is 18.0 Å². The number of allylic oxidation sites excluding steroid dienone is 1. The fourth-order valence-corrected chi connectivity index (χ4v) is 4.27. The van der Waals surface area contributed by atoms with Crippen LogP contribution in [0.15, 0.2) is 35.2 Å². The Hall–Kier alpha value is -2.23. The molecule has 1 aliphatic rings. The lowest BCUT2D eigenvalue weighted by Crippen LogP contribution is -2.40. The minimum absolute atomic E-state index is 0.128. The zero-order valence-corrected chi connectivity index (χ0v) is 17.1. The van der Waals surface area contributed by atoms with Gasteiger partial charge in [0, 0.05) is 24.9 Å². The van der Waals surface area contributed by atoms with Crippen molar-refractivity contribution < 1.29 is 27.5 Å². The number of carbonyl (C=O) groups excluding carboxylic acids is 2. The van der Waals surface area contributed by atoms with Gasteiger partial charge in [0.05, 0.1) is 18.1 Å². The third kappa shape index (κ3) is 5.63. The minimum Gasteiger partial charge on any atom is -0.449 e. The van der Waals surface area contributed by atoms with Crippen LogP contribution in [0.4, 0.5) is 5.69 Å². The molecule has 0 unspecified atom stereocenters. The van der Waals surface area contributed by atoms with Crippen LogP contribution < -0.4 is 5.32 Å². The first-order valence-corrected chi connectivity index (χ1v) is 10.6. The van der Waals surface area contributed by atoms with E-state index in [0.717, 1.165) is 0 Å². The lowest BCUT2D eigenvalue weighted by atomic mass is 10.2. The third-order valence-corrected chi connectivity index (χ3v) is 6.24. The van der Waals surface area contributed by atoms with E-state index >= 15 is 0 Å². The Bertz CT molecular complexity index is 844. The number of carbonyl (C=O) groups is 2. The van der Waals surface area contributed by atoms with Gasteiger partial charge in [-0.1, -0.05) is 19.1 Å². The molecule has 0 bridgehead atoms. The number of hydrogen-bond acceptors (Lipinski definition) is 6. The van der Waals surface area contributed by atoms with Gasteiger partial charge in [-0.15, -0.1) is 0 Å². The molecular formula is C19H26N2O6S. The van der Waals surface area contributed by atoms with Gasteiger partial charge in [0.15, 0.2) is 6.10 Å². The van der Waals surface area contributed by atoms with Crippen LogP contribution in [-0.4, -0.2) is 57.0 Å². The molecule has 2 rings (SSSR count). The van der Waals surface area contributed by atoms with Gasteiger partial charge in [-0.05, 0) is 38.0 Å². The molecule has 1 atom stereocenters. The average molecular weight is 410 g/mol. The summed E-state index contributed by atoms with van der Waals surface area (Å²) in [5.41, 5.74) is 0.892. The third-order valence-electron chi connectivity index (χ3n) is 4.20. The Morgan fingerprint density at radius 3 is 2.64 bits per heavy atom. The molecule has 9 heteroatoms. The second-order valence-corrected chi connectivity index (χ2v) is 8.28. The van der Waals surface area contributed by atoms with Gasteiger partial charge >= 0.3 is 5.97 Å². The predicted molar refractivity (Wildman–Crippen MR) is 104 cm³/mol. The molecule has 0 radical (unpaired) electrons. The maximum atomic E-state index is 12.9. The predicted octanol–water partition coefficient (Wildman–Crippen LogP) is 1.85. The Morgan fingerprint density at radius 2 is 2.00 bits per heavy atom. The summed E-state index contributed by atoms with van der Waals surface area (Å²) < 4.78 is 37.4. The van der Waals surface area contributed by atoms with Crippen molar-refractivity contribution in [1.82, 2.24) is 4.31 Å². The molecule has 1 saturated heterocycles. The van der Waals surface area contributed by atoms with Crippen LogP contribution in [0.2, 0.25) is 0 Å². The molecule has 1 N–H and O–H groups in total. The standard InChI is InChI=1S/C19H26N2O6S/c1-4-5-6-18(22)27-15(3)19(23)20-16-8-7-14(2)17(13-16)28(24,25)21-9-11-26-12-10-21/h5-8,13,15H,4,9-12H2,1-3H3,(H,20,23)/b6-5+/t15-/m0/s1. The van der Waals surface area contributed by atoms with Gasteiger partial charge in [-0.25, -0.2) is 13.2 Å². The van der Waals surface area contributed by atoms with Gasteiger partial charge in [-0.3, -0.25) is 4.79 Å². The molecule has 1 amide bonds. The van der Waals surface area contributed by atoms with Crippen molar-refractivity contribution in [3.05, 3.63) is 35.9 Å². The summed E-state index contributed by atoms with van der Waals surface area (Å²) in [7, 11) is -3.69. The second-order valence-electron chi connectivity index (χ2n) is 6.38. The van der Waals surface area contributed by atoms with E-state index in [4.69, 9.17) is 9.47 Å².